The van der Waals surface area contributed by atoms with Crippen LogP contribution in [0.15, 0.2) is 26.4 Å². The van der Waals surface area contributed by atoms with Crippen molar-refractivity contribution in [1.82, 2.24) is 4.90 Å². The summed E-state index contributed by atoms with van der Waals surface area (Å²) in [5.41, 5.74) is 0. The van der Waals surface area contributed by atoms with E-state index in [1.807, 2.05) is 46.8 Å². The summed E-state index contributed by atoms with van der Waals surface area (Å²) in [6, 6.07) is 4.02. The molecule has 1 aliphatic heterocycles. The molecule has 1 aromatic heterocycles. The Balaban J connectivity index is 2.34. The van der Waals surface area contributed by atoms with Crippen molar-refractivity contribution in [1.29, 1.82) is 0 Å². The molecule has 0 aromatic carbocycles. The highest BCUT2D eigenvalue weighted by atomic mass is 32.2. The molecule has 5 heteroatoms. The average molecular weight is 292 g/mol. The topological polar surface area (TPSA) is 45.8 Å². The van der Waals surface area contributed by atoms with Crippen molar-refractivity contribution in [3.63, 3.8) is 0 Å². The number of carbonyl (C=O) groups excluding carboxylic acids is 1. The number of aryl methyl sites for hydroxylation is 1. The molecule has 0 saturated carbocycles. The van der Waals surface area contributed by atoms with Gasteiger partial charge in [-0.25, -0.2) is 0 Å². The smallest absolute Gasteiger partial charge is 0.267 e. The van der Waals surface area contributed by atoms with Gasteiger partial charge < -0.3 is 4.42 Å². The minimum Gasteiger partial charge on any atom is -0.462 e. The van der Waals surface area contributed by atoms with E-state index in [-0.39, 0.29) is 18.0 Å². The first-order chi connectivity index (χ1) is 9.38. The van der Waals surface area contributed by atoms with Crippen LogP contribution in [0.1, 0.15) is 39.2 Å². The van der Waals surface area contributed by atoms with E-state index < -0.39 is 0 Å². The van der Waals surface area contributed by atoms with Crippen LogP contribution in [0.25, 0.3) is 6.08 Å². The van der Waals surface area contributed by atoms with E-state index in [1.165, 1.54) is 11.8 Å². The van der Waals surface area contributed by atoms with E-state index in [1.54, 1.807) is 11.0 Å². The van der Waals surface area contributed by atoms with Crippen LogP contribution in [0.4, 0.5) is 0 Å². The third-order valence-electron chi connectivity index (χ3n) is 2.76. The van der Waals surface area contributed by atoms with Gasteiger partial charge in [-0.1, -0.05) is 0 Å². The highest BCUT2D eigenvalue weighted by Gasteiger charge is 2.35. The summed E-state index contributed by atoms with van der Waals surface area (Å²) in [4.78, 5) is 19.4. The Kier molecular flexibility index (Phi) is 4.38. The van der Waals surface area contributed by atoms with E-state index in [2.05, 4.69) is 4.99 Å². The summed E-state index contributed by atoms with van der Waals surface area (Å²) in [5.74, 6) is 1.54. The number of rotatable bonds is 3. The van der Waals surface area contributed by atoms with Crippen LogP contribution in [0.2, 0.25) is 0 Å². The summed E-state index contributed by atoms with van der Waals surface area (Å²) in [6.45, 7) is 9.89. The molecule has 108 valence electrons. The van der Waals surface area contributed by atoms with Gasteiger partial charge in [-0.3, -0.25) is 14.7 Å². The number of nitrogens with zero attached hydrogens (tertiary/aromatic N) is 2. The first-order valence-corrected chi connectivity index (χ1v) is 7.57. The molecule has 20 heavy (non-hydrogen) atoms. The van der Waals surface area contributed by atoms with Crippen molar-refractivity contribution in [3.8, 4) is 0 Å². The zero-order valence-electron chi connectivity index (χ0n) is 12.5. The summed E-state index contributed by atoms with van der Waals surface area (Å²) < 4.78 is 5.51. The van der Waals surface area contributed by atoms with Crippen molar-refractivity contribution >= 4 is 28.9 Å². The number of thioether (sulfide) groups is 1. The molecule has 0 atom stereocenters. The van der Waals surface area contributed by atoms with Gasteiger partial charge in [0.25, 0.3) is 5.91 Å². The molecule has 4 nitrogen and oxygen atoms in total. The van der Waals surface area contributed by atoms with Crippen LogP contribution in [0, 0.1) is 6.92 Å². The third-order valence-corrected chi connectivity index (χ3v) is 3.75. The van der Waals surface area contributed by atoms with Crippen molar-refractivity contribution < 1.29 is 9.21 Å². The lowest BCUT2D eigenvalue weighted by Crippen LogP contribution is -2.35. The second kappa shape index (κ2) is 5.87. The monoisotopic (exact) mass is 292 g/mol. The number of hydrogen-bond acceptors (Lipinski definition) is 4. The number of amides is 1. The molecule has 1 amide bonds. The predicted octanol–water partition coefficient (Wildman–Crippen LogP) is 3.68. The molecule has 1 fully saturated rings. The normalized spacial score (nSPS) is 20.1. The molecular formula is C15H20N2O2S. The molecule has 1 aliphatic rings. The minimum absolute atomic E-state index is 0.00143. The molecule has 0 bridgehead atoms. The summed E-state index contributed by atoms with van der Waals surface area (Å²) in [7, 11) is 0. The zero-order chi connectivity index (χ0) is 14.9. The number of amidine groups is 1. The van der Waals surface area contributed by atoms with Gasteiger partial charge in [-0.2, -0.15) is 0 Å². The minimum atomic E-state index is -0.00143. The fourth-order valence-corrected chi connectivity index (χ4v) is 3.13. The summed E-state index contributed by atoms with van der Waals surface area (Å²) in [5, 5.41) is 0.773. The maximum absolute atomic E-state index is 12.5. The Morgan fingerprint density at radius 1 is 1.30 bits per heavy atom. The molecule has 2 rings (SSSR count). The van der Waals surface area contributed by atoms with E-state index in [0.29, 0.717) is 10.7 Å². The molecule has 0 unspecified atom stereocenters. The maximum atomic E-state index is 12.5. The number of carbonyl (C=O) groups is 1. The largest absolute Gasteiger partial charge is 0.462 e. The predicted molar refractivity (Wildman–Crippen MR) is 83.6 cm³/mol. The molecule has 0 aliphatic carbocycles. The number of furan rings is 1. The zero-order valence-corrected chi connectivity index (χ0v) is 13.3. The Morgan fingerprint density at radius 3 is 2.50 bits per heavy atom. The highest BCUT2D eigenvalue weighted by Crippen LogP contribution is 2.34. The van der Waals surface area contributed by atoms with Crippen LogP contribution < -0.4 is 0 Å². The van der Waals surface area contributed by atoms with Crippen LogP contribution in [0.5, 0.6) is 0 Å². The quantitative estimate of drug-likeness (QED) is 0.798. The van der Waals surface area contributed by atoms with E-state index >= 15 is 0 Å². The van der Waals surface area contributed by atoms with Gasteiger partial charge >= 0.3 is 0 Å². The van der Waals surface area contributed by atoms with Gasteiger partial charge in [0.15, 0.2) is 5.17 Å². The molecular weight excluding hydrogens is 272 g/mol. The summed E-state index contributed by atoms with van der Waals surface area (Å²) in [6.07, 6.45) is 1.79. The van der Waals surface area contributed by atoms with Gasteiger partial charge in [0.05, 0.1) is 4.91 Å². The van der Waals surface area contributed by atoms with E-state index in [0.717, 1.165) is 10.9 Å². The highest BCUT2D eigenvalue weighted by molar-refractivity contribution is 8.18. The van der Waals surface area contributed by atoms with Gasteiger partial charge in [-0.15, -0.1) is 0 Å². The second-order valence-electron chi connectivity index (χ2n) is 5.33. The maximum Gasteiger partial charge on any atom is 0.267 e. The Labute approximate surface area is 123 Å². The molecule has 0 N–H and O–H groups in total. The van der Waals surface area contributed by atoms with E-state index in [4.69, 9.17) is 4.42 Å². The first kappa shape index (κ1) is 14.9. The molecule has 2 heterocycles. The van der Waals surface area contributed by atoms with Gasteiger partial charge in [0.1, 0.15) is 11.5 Å². The molecule has 0 spiro atoms. The van der Waals surface area contributed by atoms with Crippen LogP contribution in [-0.2, 0) is 4.79 Å². The van der Waals surface area contributed by atoms with E-state index in [9.17, 15) is 4.79 Å². The van der Waals surface area contributed by atoms with Crippen LogP contribution in [-0.4, -0.2) is 28.1 Å². The van der Waals surface area contributed by atoms with Gasteiger partial charge in [-0.05, 0) is 58.5 Å². The second-order valence-corrected chi connectivity index (χ2v) is 6.34. The standard InChI is InChI=1S/C15H20N2O2S/c1-9(2)16-15-17(10(3)4)14(18)13(20-15)8-12-7-6-11(5)19-12/h6-10H,1-5H3/b13-8+,16-15?. The average Bonchev–Trinajstić information content (AvgIpc) is 2.84. The number of aliphatic imine (C=N–C) groups is 1. The van der Waals surface area contributed by atoms with Crippen molar-refractivity contribution in [2.75, 3.05) is 0 Å². The van der Waals surface area contributed by atoms with Crippen molar-refractivity contribution in [2.45, 2.75) is 46.7 Å². The van der Waals surface area contributed by atoms with Gasteiger partial charge in [0, 0.05) is 18.2 Å². The third kappa shape index (κ3) is 3.15. The summed E-state index contributed by atoms with van der Waals surface area (Å²) >= 11 is 1.42. The van der Waals surface area contributed by atoms with Gasteiger partial charge in [0.2, 0.25) is 0 Å². The SMILES string of the molecule is Cc1ccc(/C=C2/SC(=NC(C)C)N(C(C)C)C2=O)o1. The Hall–Kier alpha value is -1.49. The lowest BCUT2D eigenvalue weighted by molar-refractivity contribution is -0.123. The van der Waals surface area contributed by atoms with Crippen molar-refractivity contribution in [2.24, 2.45) is 4.99 Å². The first-order valence-electron chi connectivity index (χ1n) is 6.76. The molecule has 0 radical (unpaired) electrons. The lowest BCUT2D eigenvalue weighted by atomic mass is 10.3. The number of hydrogen-bond donors (Lipinski definition) is 0. The fourth-order valence-electron chi connectivity index (χ4n) is 1.91. The van der Waals surface area contributed by atoms with Crippen LogP contribution in [0.3, 0.4) is 0 Å². The van der Waals surface area contributed by atoms with Crippen molar-refractivity contribution in [3.05, 3.63) is 28.6 Å². The van der Waals surface area contributed by atoms with Crippen LogP contribution >= 0.6 is 11.8 Å². The molecule has 1 saturated heterocycles. The Bertz CT molecular complexity index is 570. The lowest BCUT2D eigenvalue weighted by Gasteiger charge is -2.20. The molecule has 1 aromatic rings. The Morgan fingerprint density at radius 2 is 2.00 bits per heavy atom. The fraction of sp³-hybridized carbons (Fsp3) is 0.467.